The van der Waals surface area contributed by atoms with Crippen molar-refractivity contribution in [3.63, 3.8) is 0 Å². The Balaban J connectivity index is 1.73. The van der Waals surface area contributed by atoms with Gasteiger partial charge >= 0.3 is 0 Å². The number of halogens is 3. The SMILES string of the molecule is CC(C)(O)[C@H](F)CNC(=O)c1cnc(-c2ccc3cc(C#N)cnn23)cc1Nc1cncc(C(F)F)c1. The second kappa shape index (κ2) is 10.2. The van der Waals surface area contributed by atoms with E-state index in [0.29, 0.717) is 22.5 Å². The van der Waals surface area contributed by atoms with Gasteiger partial charge < -0.3 is 15.7 Å². The van der Waals surface area contributed by atoms with E-state index in [2.05, 4.69) is 25.7 Å². The number of carbonyl (C=O) groups excluding carboxylic acids is 1. The lowest BCUT2D eigenvalue weighted by molar-refractivity contribution is -0.00177. The molecule has 0 aliphatic rings. The average Bonchev–Trinajstić information content (AvgIpc) is 3.29. The number of fused-ring (bicyclic) bond motifs is 1. The number of aliphatic hydroxyl groups is 1. The lowest BCUT2D eigenvalue weighted by atomic mass is 10.0. The molecule has 0 aliphatic heterocycles. The van der Waals surface area contributed by atoms with Crippen LogP contribution in [0.1, 0.15) is 41.8 Å². The van der Waals surface area contributed by atoms with E-state index in [1.807, 2.05) is 6.07 Å². The smallest absolute Gasteiger partial charge is 0.265 e. The number of anilines is 2. The average molecular weight is 509 g/mol. The number of alkyl halides is 3. The van der Waals surface area contributed by atoms with Gasteiger partial charge in [-0.15, -0.1) is 0 Å². The van der Waals surface area contributed by atoms with Gasteiger partial charge in [-0.1, -0.05) is 0 Å². The summed E-state index contributed by atoms with van der Waals surface area (Å²) in [6.07, 6.45) is 0.533. The van der Waals surface area contributed by atoms with E-state index in [4.69, 9.17) is 5.26 Å². The van der Waals surface area contributed by atoms with Crippen LogP contribution in [0, 0.1) is 11.3 Å². The van der Waals surface area contributed by atoms with Crippen LogP contribution in [-0.2, 0) is 0 Å². The normalized spacial score (nSPS) is 12.4. The molecule has 0 unspecified atom stereocenters. The maximum atomic E-state index is 14.2. The zero-order valence-electron chi connectivity index (χ0n) is 19.8. The molecule has 9 nitrogen and oxygen atoms in total. The van der Waals surface area contributed by atoms with Crippen LogP contribution >= 0.6 is 0 Å². The molecule has 0 bridgehead atoms. The number of nitrogens with one attached hydrogen (secondary N) is 2. The van der Waals surface area contributed by atoms with E-state index < -0.39 is 30.7 Å². The maximum absolute atomic E-state index is 14.2. The number of hydrogen-bond donors (Lipinski definition) is 3. The van der Waals surface area contributed by atoms with Crippen molar-refractivity contribution < 1.29 is 23.1 Å². The first-order chi connectivity index (χ1) is 17.6. The monoisotopic (exact) mass is 509 g/mol. The van der Waals surface area contributed by atoms with Gasteiger partial charge in [0.2, 0.25) is 0 Å². The van der Waals surface area contributed by atoms with Gasteiger partial charge in [0.05, 0.1) is 63.9 Å². The number of hydrogen-bond acceptors (Lipinski definition) is 7. The van der Waals surface area contributed by atoms with E-state index in [-0.39, 0.29) is 22.5 Å². The molecule has 1 atom stereocenters. The Hall–Kier alpha value is -4.50. The van der Waals surface area contributed by atoms with Crippen LogP contribution in [-0.4, -0.2) is 48.9 Å². The lowest BCUT2D eigenvalue weighted by Crippen LogP contribution is -2.42. The highest BCUT2D eigenvalue weighted by Crippen LogP contribution is 2.29. The first-order valence-corrected chi connectivity index (χ1v) is 11.1. The van der Waals surface area contributed by atoms with Crippen LogP contribution in [0.4, 0.5) is 24.5 Å². The summed E-state index contributed by atoms with van der Waals surface area (Å²) in [7, 11) is 0. The number of rotatable bonds is 8. The zero-order valence-corrected chi connectivity index (χ0v) is 19.8. The minimum Gasteiger partial charge on any atom is -0.387 e. The minimum atomic E-state index is -2.75. The lowest BCUT2D eigenvalue weighted by Gasteiger charge is -2.22. The Kier molecular flexibility index (Phi) is 7.08. The summed E-state index contributed by atoms with van der Waals surface area (Å²) in [4.78, 5) is 21.1. The topological polar surface area (TPSA) is 128 Å². The second-order valence-electron chi connectivity index (χ2n) is 8.79. The minimum absolute atomic E-state index is 0.00901. The number of carbonyl (C=O) groups is 1. The van der Waals surface area contributed by atoms with Crippen LogP contribution in [0.15, 0.2) is 55.1 Å². The fourth-order valence-corrected chi connectivity index (χ4v) is 3.46. The van der Waals surface area contributed by atoms with Crippen molar-refractivity contribution in [3.8, 4) is 17.5 Å². The number of aromatic nitrogens is 4. The molecule has 190 valence electrons. The van der Waals surface area contributed by atoms with Gasteiger partial charge in [0, 0.05) is 18.0 Å². The van der Waals surface area contributed by atoms with Crippen LogP contribution in [0.3, 0.4) is 0 Å². The quantitative estimate of drug-likeness (QED) is 0.325. The summed E-state index contributed by atoms with van der Waals surface area (Å²) < 4.78 is 42.1. The number of pyridine rings is 2. The molecule has 12 heteroatoms. The molecule has 4 aromatic heterocycles. The van der Waals surface area contributed by atoms with Gasteiger partial charge in [-0.05, 0) is 44.2 Å². The Morgan fingerprint density at radius 3 is 2.65 bits per heavy atom. The molecule has 37 heavy (non-hydrogen) atoms. The van der Waals surface area contributed by atoms with Gasteiger partial charge in [-0.3, -0.25) is 14.8 Å². The molecule has 1 amide bonds. The molecular weight excluding hydrogens is 487 g/mol. The summed E-state index contributed by atoms with van der Waals surface area (Å²) in [6, 6.07) is 9.86. The standard InChI is InChI=1S/C25H22F3N7O2/c1-25(2,37)22(26)13-32-24(36)18-12-31-20(21-4-3-17-5-14(8-29)9-33-35(17)21)7-19(18)34-16-6-15(23(27)28)10-30-11-16/h3-7,9-12,22-23,37H,13H2,1-2H3,(H,31,34)(H,32,36)/t22-/m1/s1. The molecule has 0 saturated heterocycles. The third-order valence-electron chi connectivity index (χ3n) is 5.54. The molecular formula is C25H22F3N7O2. The van der Waals surface area contributed by atoms with Crippen molar-refractivity contribution in [2.24, 2.45) is 0 Å². The predicted molar refractivity (Wildman–Crippen MR) is 129 cm³/mol. The number of nitrogens with zero attached hydrogens (tertiary/aromatic N) is 5. The molecule has 4 aromatic rings. The molecule has 0 aliphatic carbocycles. The second-order valence-corrected chi connectivity index (χ2v) is 8.79. The van der Waals surface area contributed by atoms with Gasteiger partial charge in [0.1, 0.15) is 12.2 Å². The Morgan fingerprint density at radius 2 is 1.95 bits per heavy atom. The van der Waals surface area contributed by atoms with E-state index in [1.54, 1.807) is 22.7 Å². The largest absolute Gasteiger partial charge is 0.387 e. The van der Waals surface area contributed by atoms with Gasteiger partial charge in [0.15, 0.2) is 0 Å². The van der Waals surface area contributed by atoms with Gasteiger partial charge in [-0.25, -0.2) is 17.7 Å². The van der Waals surface area contributed by atoms with E-state index in [9.17, 15) is 23.1 Å². The fourth-order valence-electron chi connectivity index (χ4n) is 3.46. The Bertz CT molecular complexity index is 1490. The first-order valence-electron chi connectivity index (χ1n) is 11.1. The third kappa shape index (κ3) is 5.68. The fraction of sp³-hybridized carbons (Fsp3) is 0.240. The summed E-state index contributed by atoms with van der Waals surface area (Å²) >= 11 is 0. The van der Waals surface area contributed by atoms with Crippen molar-refractivity contribution >= 4 is 22.8 Å². The predicted octanol–water partition coefficient (Wildman–Crippen LogP) is 4.18. The van der Waals surface area contributed by atoms with Gasteiger partial charge in [0.25, 0.3) is 12.3 Å². The maximum Gasteiger partial charge on any atom is 0.265 e. The van der Waals surface area contributed by atoms with Crippen LogP contribution < -0.4 is 10.6 Å². The molecule has 0 radical (unpaired) electrons. The molecule has 0 aromatic carbocycles. The van der Waals surface area contributed by atoms with Crippen LogP contribution in [0.25, 0.3) is 16.9 Å². The molecule has 0 fully saturated rings. The van der Waals surface area contributed by atoms with Crippen molar-refractivity contribution in [1.82, 2.24) is 24.9 Å². The van der Waals surface area contributed by atoms with E-state index >= 15 is 0 Å². The van der Waals surface area contributed by atoms with E-state index in [0.717, 1.165) is 6.20 Å². The number of amides is 1. The van der Waals surface area contributed by atoms with Crippen molar-refractivity contribution in [2.75, 3.05) is 11.9 Å². The molecule has 0 saturated carbocycles. The Labute approximate surface area is 209 Å². The van der Waals surface area contributed by atoms with Crippen LogP contribution in [0.2, 0.25) is 0 Å². The highest BCUT2D eigenvalue weighted by molar-refractivity contribution is 6.00. The summed E-state index contributed by atoms with van der Waals surface area (Å²) in [5.41, 5.74) is 0.365. The molecule has 0 spiro atoms. The van der Waals surface area contributed by atoms with Crippen molar-refractivity contribution in [3.05, 3.63) is 71.8 Å². The highest BCUT2D eigenvalue weighted by atomic mass is 19.3. The Morgan fingerprint density at radius 1 is 1.16 bits per heavy atom. The van der Waals surface area contributed by atoms with Crippen molar-refractivity contribution in [1.29, 1.82) is 5.26 Å². The summed E-state index contributed by atoms with van der Waals surface area (Å²) in [5, 5.41) is 28.5. The number of nitriles is 1. The molecule has 4 heterocycles. The molecule has 3 N–H and O–H groups in total. The first kappa shape index (κ1) is 25.6. The van der Waals surface area contributed by atoms with Crippen molar-refractivity contribution in [2.45, 2.75) is 32.0 Å². The van der Waals surface area contributed by atoms with Crippen LogP contribution in [0.5, 0.6) is 0 Å². The molecule has 4 rings (SSSR count). The van der Waals surface area contributed by atoms with E-state index in [1.165, 1.54) is 44.6 Å². The van der Waals surface area contributed by atoms with Gasteiger partial charge in [-0.2, -0.15) is 10.4 Å². The highest BCUT2D eigenvalue weighted by Gasteiger charge is 2.27. The summed E-state index contributed by atoms with van der Waals surface area (Å²) in [6.45, 7) is 2.11. The zero-order chi connectivity index (χ0) is 26.7. The summed E-state index contributed by atoms with van der Waals surface area (Å²) in [5.74, 6) is -0.691. The third-order valence-corrected chi connectivity index (χ3v) is 5.54.